The molecule has 2 aromatic rings. The Kier molecular flexibility index (Phi) is 7.56. The molecule has 0 bridgehead atoms. The topological polar surface area (TPSA) is 49.3 Å². The molecule has 1 aromatic carbocycles. The van der Waals surface area contributed by atoms with Gasteiger partial charge in [-0.15, -0.1) is 0 Å². The maximum absolute atomic E-state index is 5.80. The molecule has 0 aliphatic heterocycles. The summed E-state index contributed by atoms with van der Waals surface area (Å²) in [6.07, 6.45) is 3.77. The second kappa shape index (κ2) is 9.93. The van der Waals surface area contributed by atoms with Gasteiger partial charge in [-0.3, -0.25) is 4.99 Å². The van der Waals surface area contributed by atoms with Crippen LogP contribution < -0.4 is 10.6 Å². The van der Waals surface area contributed by atoms with Crippen molar-refractivity contribution in [3.8, 4) is 0 Å². The van der Waals surface area contributed by atoms with Gasteiger partial charge in [0.25, 0.3) is 0 Å². The molecule has 2 N–H and O–H groups in total. The highest BCUT2D eigenvalue weighted by Gasteiger charge is 2.09. The van der Waals surface area contributed by atoms with E-state index in [1.54, 1.807) is 7.05 Å². The van der Waals surface area contributed by atoms with Crippen molar-refractivity contribution in [1.82, 2.24) is 15.6 Å². The first-order valence-corrected chi connectivity index (χ1v) is 8.70. The van der Waals surface area contributed by atoms with E-state index in [2.05, 4.69) is 57.9 Å². The number of guanidine groups is 1. The number of pyridine rings is 1. The fourth-order valence-electron chi connectivity index (χ4n) is 2.54. The first kappa shape index (κ1) is 18.3. The van der Waals surface area contributed by atoms with Crippen LogP contribution >= 0.6 is 11.6 Å². The molecule has 24 heavy (non-hydrogen) atoms. The van der Waals surface area contributed by atoms with E-state index in [0.717, 1.165) is 37.5 Å². The highest BCUT2D eigenvalue weighted by atomic mass is 35.5. The molecule has 1 unspecified atom stereocenters. The largest absolute Gasteiger partial charge is 0.356 e. The summed E-state index contributed by atoms with van der Waals surface area (Å²) in [5, 5.41) is 7.28. The lowest BCUT2D eigenvalue weighted by atomic mass is 9.97. The van der Waals surface area contributed by atoms with Gasteiger partial charge in [-0.1, -0.05) is 54.9 Å². The van der Waals surface area contributed by atoms with Crippen molar-refractivity contribution in [2.45, 2.75) is 25.7 Å². The van der Waals surface area contributed by atoms with Gasteiger partial charge in [-0.05, 0) is 30.0 Å². The first-order chi connectivity index (χ1) is 11.7. The number of rotatable bonds is 7. The number of hydrogen-bond donors (Lipinski definition) is 2. The predicted molar refractivity (Wildman–Crippen MR) is 102 cm³/mol. The van der Waals surface area contributed by atoms with Crippen molar-refractivity contribution in [1.29, 1.82) is 0 Å². The number of nitrogens with zero attached hydrogens (tertiary/aromatic N) is 2. The van der Waals surface area contributed by atoms with Gasteiger partial charge < -0.3 is 10.6 Å². The van der Waals surface area contributed by atoms with Gasteiger partial charge in [0.05, 0.1) is 0 Å². The Morgan fingerprint density at radius 3 is 2.58 bits per heavy atom. The number of aliphatic imine (C=N–C) groups is 1. The van der Waals surface area contributed by atoms with Crippen LogP contribution in [0.15, 0.2) is 53.7 Å². The zero-order chi connectivity index (χ0) is 17.2. The molecule has 0 spiro atoms. The monoisotopic (exact) mass is 344 g/mol. The average Bonchev–Trinajstić information content (AvgIpc) is 2.63. The van der Waals surface area contributed by atoms with Crippen LogP contribution in [0.5, 0.6) is 0 Å². The Morgan fingerprint density at radius 1 is 1.17 bits per heavy atom. The summed E-state index contributed by atoms with van der Waals surface area (Å²) in [5.74, 6) is 1.30. The van der Waals surface area contributed by atoms with Crippen molar-refractivity contribution in [2.24, 2.45) is 4.99 Å². The van der Waals surface area contributed by atoms with Crippen LogP contribution in [0.3, 0.4) is 0 Å². The van der Waals surface area contributed by atoms with E-state index in [4.69, 9.17) is 11.6 Å². The fraction of sp³-hybridized carbons (Fsp3) is 0.368. The van der Waals surface area contributed by atoms with Crippen molar-refractivity contribution in [2.75, 3.05) is 20.1 Å². The second-order valence-corrected chi connectivity index (χ2v) is 6.02. The van der Waals surface area contributed by atoms with E-state index < -0.39 is 0 Å². The minimum atomic E-state index is 0.477. The van der Waals surface area contributed by atoms with Crippen LogP contribution in [0.2, 0.25) is 5.15 Å². The summed E-state index contributed by atoms with van der Waals surface area (Å²) in [6, 6.07) is 14.4. The molecule has 1 heterocycles. The van der Waals surface area contributed by atoms with E-state index >= 15 is 0 Å². The molecule has 0 aliphatic carbocycles. The van der Waals surface area contributed by atoms with Crippen LogP contribution in [-0.2, 0) is 6.42 Å². The Balaban J connectivity index is 1.78. The smallest absolute Gasteiger partial charge is 0.191 e. The van der Waals surface area contributed by atoms with Gasteiger partial charge in [0.1, 0.15) is 5.15 Å². The average molecular weight is 345 g/mol. The second-order valence-electron chi connectivity index (χ2n) is 5.63. The standard InChI is InChI=1S/C19H25ClN4/c1-3-16(17-7-5-4-6-8-17)14-24-19(21-2)22-12-11-15-9-10-18(20)23-13-15/h4-10,13,16H,3,11-12,14H2,1-2H3,(H2,21,22,24). The Bertz CT molecular complexity index is 626. The summed E-state index contributed by atoms with van der Waals surface area (Å²) in [7, 11) is 1.79. The zero-order valence-electron chi connectivity index (χ0n) is 14.3. The zero-order valence-corrected chi connectivity index (χ0v) is 15.1. The SMILES string of the molecule is CCC(CNC(=NC)NCCc1ccc(Cl)nc1)c1ccccc1. The first-order valence-electron chi connectivity index (χ1n) is 8.32. The lowest BCUT2D eigenvalue weighted by Crippen LogP contribution is -2.40. The molecule has 2 rings (SSSR count). The van der Waals surface area contributed by atoms with Crippen molar-refractivity contribution >= 4 is 17.6 Å². The van der Waals surface area contributed by atoms with E-state index in [9.17, 15) is 0 Å². The summed E-state index contributed by atoms with van der Waals surface area (Å²) in [6.45, 7) is 3.87. The quantitative estimate of drug-likeness (QED) is 0.458. The fourth-order valence-corrected chi connectivity index (χ4v) is 2.65. The highest BCUT2D eigenvalue weighted by Crippen LogP contribution is 2.17. The van der Waals surface area contributed by atoms with Gasteiger partial charge in [0, 0.05) is 32.3 Å². The van der Waals surface area contributed by atoms with Gasteiger partial charge in [-0.2, -0.15) is 0 Å². The lowest BCUT2D eigenvalue weighted by Gasteiger charge is -2.18. The van der Waals surface area contributed by atoms with Gasteiger partial charge in [-0.25, -0.2) is 4.98 Å². The van der Waals surface area contributed by atoms with E-state index in [-0.39, 0.29) is 0 Å². The molecule has 0 aliphatic rings. The number of aromatic nitrogens is 1. The molecule has 0 saturated heterocycles. The molecule has 4 nitrogen and oxygen atoms in total. The van der Waals surface area contributed by atoms with E-state index in [1.165, 1.54) is 5.56 Å². The number of benzene rings is 1. The van der Waals surface area contributed by atoms with Gasteiger partial charge >= 0.3 is 0 Å². The van der Waals surface area contributed by atoms with E-state index in [1.807, 2.05) is 18.3 Å². The Labute approximate surface area is 149 Å². The molecular weight excluding hydrogens is 320 g/mol. The van der Waals surface area contributed by atoms with Gasteiger partial charge in [0.2, 0.25) is 0 Å². The van der Waals surface area contributed by atoms with Crippen molar-refractivity contribution < 1.29 is 0 Å². The third-order valence-electron chi connectivity index (χ3n) is 4.00. The molecule has 0 fully saturated rings. The van der Waals surface area contributed by atoms with Crippen LogP contribution in [0, 0.1) is 0 Å². The van der Waals surface area contributed by atoms with Crippen LogP contribution in [0.25, 0.3) is 0 Å². The molecule has 1 atom stereocenters. The summed E-state index contributed by atoms with van der Waals surface area (Å²) in [4.78, 5) is 8.38. The predicted octanol–water partition coefficient (Wildman–Crippen LogP) is 3.64. The highest BCUT2D eigenvalue weighted by molar-refractivity contribution is 6.29. The maximum atomic E-state index is 5.80. The molecule has 5 heteroatoms. The lowest BCUT2D eigenvalue weighted by molar-refractivity contribution is 0.629. The van der Waals surface area contributed by atoms with Crippen LogP contribution in [0.1, 0.15) is 30.4 Å². The van der Waals surface area contributed by atoms with Crippen molar-refractivity contribution in [3.05, 3.63) is 64.9 Å². The third kappa shape index (κ3) is 5.85. The molecular formula is C19H25ClN4. The summed E-state index contributed by atoms with van der Waals surface area (Å²) >= 11 is 5.80. The number of halogens is 1. The van der Waals surface area contributed by atoms with Gasteiger partial charge in [0.15, 0.2) is 5.96 Å². The number of nitrogens with one attached hydrogen (secondary N) is 2. The van der Waals surface area contributed by atoms with Crippen molar-refractivity contribution in [3.63, 3.8) is 0 Å². The third-order valence-corrected chi connectivity index (χ3v) is 4.22. The van der Waals surface area contributed by atoms with Crippen LogP contribution in [-0.4, -0.2) is 31.1 Å². The molecule has 128 valence electrons. The molecule has 0 saturated carbocycles. The Morgan fingerprint density at radius 2 is 1.96 bits per heavy atom. The molecule has 0 amide bonds. The van der Waals surface area contributed by atoms with E-state index in [0.29, 0.717) is 11.1 Å². The summed E-state index contributed by atoms with van der Waals surface area (Å²) in [5.41, 5.74) is 2.51. The van der Waals surface area contributed by atoms with Crippen LogP contribution in [0.4, 0.5) is 0 Å². The number of hydrogen-bond acceptors (Lipinski definition) is 2. The summed E-state index contributed by atoms with van der Waals surface area (Å²) < 4.78 is 0. The molecule has 0 radical (unpaired) electrons. The Hall–Kier alpha value is -2.07. The normalized spacial score (nSPS) is 12.7. The molecule has 1 aromatic heterocycles. The minimum absolute atomic E-state index is 0.477. The maximum Gasteiger partial charge on any atom is 0.191 e. The minimum Gasteiger partial charge on any atom is -0.356 e.